The van der Waals surface area contributed by atoms with Gasteiger partial charge in [0.05, 0.1) is 25.5 Å². The van der Waals surface area contributed by atoms with Gasteiger partial charge in [0.1, 0.15) is 5.54 Å². The van der Waals surface area contributed by atoms with Crippen LogP contribution >= 0.6 is 0 Å². The van der Waals surface area contributed by atoms with Crippen LogP contribution in [0.25, 0.3) is 0 Å². The van der Waals surface area contributed by atoms with Crippen molar-refractivity contribution in [1.29, 1.82) is 0 Å². The Morgan fingerprint density at radius 2 is 2.00 bits per heavy atom. The number of nitrogens with zero attached hydrogens (tertiary/aromatic N) is 1. The van der Waals surface area contributed by atoms with Gasteiger partial charge in [0.15, 0.2) is 0 Å². The van der Waals surface area contributed by atoms with Gasteiger partial charge in [0, 0.05) is 0 Å². The van der Waals surface area contributed by atoms with E-state index in [2.05, 4.69) is 5.32 Å². The molecule has 0 aromatic rings. The van der Waals surface area contributed by atoms with Crippen LogP contribution in [0.2, 0.25) is 0 Å². The summed E-state index contributed by atoms with van der Waals surface area (Å²) in [5, 5.41) is 3.07. The van der Waals surface area contributed by atoms with E-state index in [9.17, 15) is 14.4 Å². The maximum atomic E-state index is 11.9. The Kier molecular flexibility index (Phi) is 3.62. The average molecular weight is 268 g/mol. The SMILES string of the molecule is CCCNC(C)(CN1C(=O)C2CC2C1=O)C(=O)OC. The first-order valence-corrected chi connectivity index (χ1v) is 6.63. The summed E-state index contributed by atoms with van der Waals surface area (Å²) in [6.45, 7) is 4.31. The molecule has 1 saturated carbocycles. The number of piperidine rings is 1. The van der Waals surface area contributed by atoms with Gasteiger partial charge in [-0.1, -0.05) is 6.92 Å². The second-order valence-corrected chi connectivity index (χ2v) is 5.46. The Balaban J connectivity index is 2.09. The molecule has 3 unspecified atom stereocenters. The Morgan fingerprint density at radius 1 is 1.42 bits per heavy atom. The van der Waals surface area contributed by atoms with Crippen molar-refractivity contribution in [2.75, 3.05) is 20.2 Å². The second-order valence-electron chi connectivity index (χ2n) is 5.46. The monoisotopic (exact) mass is 268 g/mol. The highest BCUT2D eigenvalue weighted by Crippen LogP contribution is 2.47. The number of methoxy groups -OCH3 is 1. The van der Waals surface area contributed by atoms with E-state index < -0.39 is 11.5 Å². The van der Waals surface area contributed by atoms with Crippen LogP contribution in [0.1, 0.15) is 26.7 Å². The number of esters is 1. The molecule has 1 aliphatic heterocycles. The minimum absolute atomic E-state index is 0.0460. The van der Waals surface area contributed by atoms with Crippen LogP contribution in [-0.4, -0.2) is 48.4 Å². The zero-order valence-electron chi connectivity index (χ0n) is 11.6. The van der Waals surface area contributed by atoms with Gasteiger partial charge in [-0.15, -0.1) is 0 Å². The first-order chi connectivity index (χ1) is 8.94. The fourth-order valence-electron chi connectivity index (χ4n) is 2.54. The normalized spacial score (nSPS) is 28.1. The number of hydrogen-bond donors (Lipinski definition) is 1. The van der Waals surface area contributed by atoms with Crippen LogP contribution in [0.15, 0.2) is 0 Å². The van der Waals surface area contributed by atoms with Crippen LogP contribution in [0.3, 0.4) is 0 Å². The Labute approximate surface area is 112 Å². The van der Waals surface area contributed by atoms with Crippen LogP contribution in [0.4, 0.5) is 0 Å². The van der Waals surface area contributed by atoms with Crippen molar-refractivity contribution < 1.29 is 19.1 Å². The summed E-state index contributed by atoms with van der Waals surface area (Å²) in [4.78, 5) is 37.0. The van der Waals surface area contributed by atoms with Crippen molar-refractivity contribution in [2.24, 2.45) is 11.8 Å². The Bertz CT molecular complexity index is 403. The molecule has 0 aromatic carbocycles. The Hall–Kier alpha value is -1.43. The van der Waals surface area contributed by atoms with Crippen molar-refractivity contribution in [2.45, 2.75) is 32.2 Å². The molecule has 1 N–H and O–H groups in total. The number of imide groups is 1. The van der Waals surface area contributed by atoms with Gasteiger partial charge in [-0.3, -0.25) is 14.5 Å². The highest BCUT2D eigenvalue weighted by molar-refractivity contribution is 6.09. The molecule has 0 radical (unpaired) electrons. The third-order valence-electron chi connectivity index (χ3n) is 3.83. The molecule has 2 fully saturated rings. The summed E-state index contributed by atoms with van der Waals surface area (Å²) in [5.41, 5.74) is -1.03. The molecular formula is C13H20N2O4. The number of fused-ring (bicyclic) bond motifs is 1. The molecule has 6 nitrogen and oxygen atoms in total. The molecule has 2 amide bonds. The number of carbonyl (C=O) groups excluding carboxylic acids is 3. The average Bonchev–Trinajstić information content (AvgIpc) is 3.16. The number of likely N-dealkylation sites (tertiary alicyclic amines) is 1. The summed E-state index contributed by atoms with van der Waals surface area (Å²) < 4.78 is 4.78. The lowest BCUT2D eigenvalue weighted by Gasteiger charge is -2.32. The lowest BCUT2D eigenvalue weighted by atomic mass is 10.0. The van der Waals surface area contributed by atoms with Crippen LogP contribution < -0.4 is 5.32 Å². The molecule has 19 heavy (non-hydrogen) atoms. The highest BCUT2D eigenvalue weighted by Gasteiger charge is 2.60. The van der Waals surface area contributed by atoms with Crippen molar-refractivity contribution in [3.8, 4) is 0 Å². The molecular weight excluding hydrogens is 248 g/mol. The molecule has 1 aliphatic carbocycles. The minimum atomic E-state index is -1.03. The van der Waals surface area contributed by atoms with E-state index in [0.29, 0.717) is 13.0 Å². The van der Waals surface area contributed by atoms with Crippen LogP contribution in [0, 0.1) is 11.8 Å². The van der Waals surface area contributed by atoms with Gasteiger partial charge in [0.2, 0.25) is 11.8 Å². The van der Waals surface area contributed by atoms with E-state index in [1.54, 1.807) is 6.92 Å². The highest BCUT2D eigenvalue weighted by atomic mass is 16.5. The van der Waals surface area contributed by atoms with Crippen molar-refractivity contribution in [3.63, 3.8) is 0 Å². The fourth-order valence-corrected chi connectivity index (χ4v) is 2.54. The Morgan fingerprint density at radius 3 is 2.47 bits per heavy atom. The molecule has 0 bridgehead atoms. The molecule has 106 valence electrons. The van der Waals surface area contributed by atoms with E-state index in [1.165, 1.54) is 12.0 Å². The van der Waals surface area contributed by atoms with E-state index in [4.69, 9.17) is 4.74 Å². The van der Waals surface area contributed by atoms with Gasteiger partial charge in [-0.2, -0.15) is 0 Å². The summed E-state index contributed by atoms with van der Waals surface area (Å²) in [5.74, 6) is -1.03. The molecule has 2 aliphatic rings. The van der Waals surface area contributed by atoms with Crippen LogP contribution in [0.5, 0.6) is 0 Å². The fraction of sp³-hybridized carbons (Fsp3) is 0.769. The summed E-state index contributed by atoms with van der Waals surface area (Å²) in [6.07, 6.45) is 1.52. The maximum Gasteiger partial charge on any atom is 0.327 e. The zero-order valence-corrected chi connectivity index (χ0v) is 11.6. The first-order valence-electron chi connectivity index (χ1n) is 6.63. The maximum absolute atomic E-state index is 11.9. The molecule has 1 heterocycles. The van der Waals surface area contributed by atoms with E-state index >= 15 is 0 Å². The standard InChI is InChI=1S/C13H20N2O4/c1-4-5-14-13(2,12(18)19-3)7-15-10(16)8-6-9(8)11(15)17/h8-9,14H,4-7H2,1-3H3. The minimum Gasteiger partial charge on any atom is -0.468 e. The molecule has 1 saturated heterocycles. The largest absolute Gasteiger partial charge is 0.468 e. The quantitative estimate of drug-likeness (QED) is 0.539. The number of carbonyl (C=O) groups is 3. The topological polar surface area (TPSA) is 75.7 Å². The van der Waals surface area contributed by atoms with Gasteiger partial charge in [-0.05, 0) is 26.3 Å². The van der Waals surface area contributed by atoms with E-state index in [0.717, 1.165) is 6.42 Å². The third kappa shape index (κ3) is 2.36. The second kappa shape index (κ2) is 4.92. The van der Waals surface area contributed by atoms with Crippen molar-refractivity contribution >= 4 is 17.8 Å². The van der Waals surface area contributed by atoms with E-state index in [1.807, 2.05) is 6.92 Å². The number of ether oxygens (including phenoxy) is 1. The van der Waals surface area contributed by atoms with Crippen molar-refractivity contribution in [1.82, 2.24) is 10.2 Å². The lowest BCUT2D eigenvalue weighted by Crippen LogP contribution is -2.59. The summed E-state index contributed by atoms with van der Waals surface area (Å²) in [7, 11) is 1.30. The predicted molar refractivity (Wildman–Crippen MR) is 67.0 cm³/mol. The third-order valence-corrected chi connectivity index (χ3v) is 3.83. The summed E-state index contributed by atoms with van der Waals surface area (Å²) in [6, 6.07) is 0. The van der Waals surface area contributed by atoms with Gasteiger partial charge >= 0.3 is 5.97 Å². The van der Waals surface area contributed by atoms with Crippen molar-refractivity contribution in [3.05, 3.63) is 0 Å². The molecule has 2 rings (SSSR count). The van der Waals surface area contributed by atoms with Crippen LogP contribution in [-0.2, 0) is 19.1 Å². The molecule has 0 spiro atoms. The number of hydrogen-bond acceptors (Lipinski definition) is 5. The zero-order chi connectivity index (χ0) is 14.2. The number of nitrogens with one attached hydrogen (secondary N) is 1. The number of amides is 2. The number of rotatable bonds is 6. The molecule has 0 aromatic heterocycles. The molecule has 6 heteroatoms. The molecule has 3 atom stereocenters. The smallest absolute Gasteiger partial charge is 0.327 e. The first kappa shape index (κ1) is 14.0. The van der Waals surface area contributed by atoms with Gasteiger partial charge < -0.3 is 10.1 Å². The summed E-state index contributed by atoms with van der Waals surface area (Å²) >= 11 is 0. The predicted octanol–water partition coefficient (Wildman–Crippen LogP) is -0.0774. The van der Waals surface area contributed by atoms with E-state index in [-0.39, 0.29) is 30.2 Å². The lowest BCUT2D eigenvalue weighted by molar-refractivity contribution is -0.151. The van der Waals surface area contributed by atoms with Gasteiger partial charge in [0.25, 0.3) is 0 Å². The van der Waals surface area contributed by atoms with Gasteiger partial charge in [-0.25, -0.2) is 4.79 Å².